The first-order chi connectivity index (χ1) is 16.1. The summed E-state index contributed by atoms with van der Waals surface area (Å²) in [4.78, 5) is 21.5. The van der Waals surface area contributed by atoms with E-state index in [0.29, 0.717) is 21.5 Å². The Morgan fingerprint density at radius 1 is 1.06 bits per heavy atom. The number of thiazole rings is 1. The predicted octanol–water partition coefficient (Wildman–Crippen LogP) is 5.37. The molecule has 7 nitrogen and oxygen atoms in total. The standard InChI is InChI=1S/C24H20N4O3S2/c1-30-17-6-3-15(4-7-17)19-9-5-16(14-25)23(26-19)32-12-11-22(29)28-24-27-20-10-8-18(31-2)13-21(20)33-24/h3-10,13H,11-12H2,1-2H3,(H,27,28,29). The number of nitrogens with one attached hydrogen (secondary N) is 1. The van der Waals surface area contributed by atoms with Crippen molar-refractivity contribution in [2.75, 3.05) is 25.3 Å². The average molecular weight is 477 g/mol. The van der Waals surface area contributed by atoms with Gasteiger partial charge >= 0.3 is 0 Å². The number of rotatable bonds is 8. The minimum absolute atomic E-state index is 0.140. The van der Waals surface area contributed by atoms with E-state index in [9.17, 15) is 10.1 Å². The molecular formula is C24H20N4O3S2. The van der Waals surface area contributed by atoms with Crippen LogP contribution in [0.5, 0.6) is 11.5 Å². The topological polar surface area (TPSA) is 97.1 Å². The molecule has 1 amide bonds. The molecule has 1 N–H and O–H groups in total. The van der Waals surface area contributed by atoms with Gasteiger partial charge in [0.1, 0.15) is 22.6 Å². The number of fused-ring (bicyclic) bond motifs is 1. The van der Waals surface area contributed by atoms with E-state index in [1.807, 2.05) is 48.5 Å². The number of hydrogen-bond acceptors (Lipinski definition) is 8. The van der Waals surface area contributed by atoms with Gasteiger partial charge in [0, 0.05) is 17.7 Å². The lowest BCUT2D eigenvalue weighted by Gasteiger charge is -2.07. The molecule has 2 aromatic heterocycles. The Morgan fingerprint density at radius 3 is 2.55 bits per heavy atom. The quantitative estimate of drug-likeness (QED) is 0.342. The van der Waals surface area contributed by atoms with Gasteiger partial charge in [0.15, 0.2) is 5.13 Å². The van der Waals surface area contributed by atoms with Crippen LogP contribution in [0.2, 0.25) is 0 Å². The van der Waals surface area contributed by atoms with Crippen molar-refractivity contribution in [2.45, 2.75) is 11.4 Å². The van der Waals surface area contributed by atoms with Crippen LogP contribution in [0.3, 0.4) is 0 Å². The molecule has 2 aromatic carbocycles. The Balaban J connectivity index is 1.39. The number of ether oxygens (including phenoxy) is 2. The molecule has 33 heavy (non-hydrogen) atoms. The molecule has 4 rings (SSSR count). The highest BCUT2D eigenvalue weighted by molar-refractivity contribution is 7.99. The number of anilines is 1. The van der Waals surface area contributed by atoms with Crippen LogP contribution in [0.25, 0.3) is 21.5 Å². The Kier molecular flexibility index (Phi) is 7.07. The van der Waals surface area contributed by atoms with Gasteiger partial charge in [-0.15, -0.1) is 11.8 Å². The Bertz CT molecular complexity index is 1330. The van der Waals surface area contributed by atoms with Crippen LogP contribution in [0, 0.1) is 11.3 Å². The molecule has 9 heteroatoms. The number of benzene rings is 2. The van der Waals surface area contributed by atoms with Gasteiger partial charge in [-0.25, -0.2) is 9.97 Å². The molecule has 2 heterocycles. The number of carbonyl (C=O) groups is 1. The van der Waals surface area contributed by atoms with Crippen molar-refractivity contribution in [3.05, 3.63) is 60.2 Å². The molecular weight excluding hydrogens is 456 g/mol. The minimum atomic E-state index is -0.140. The molecule has 0 aliphatic rings. The molecule has 0 aliphatic heterocycles. The van der Waals surface area contributed by atoms with Gasteiger partial charge in [-0.05, 0) is 54.6 Å². The third-order valence-electron chi connectivity index (χ3n) is 4.78. The molecule has 0 saturated carbocycles. The molecule has 0 radical (unpaired) electrons. The second-order valence-corrected chi connectivity index (χ2v) is 9.00. The highest BCUT2D eigenvalue weighted by Crippen LogP contribution is 2.30. The van der Waals surface area contributed by atoms with E-state index in [4.69, 9.17) is 9.47 Å². The largest absolute Gasteiger partial charge is 0.497 e. The number of thioether (sulfide) groups is 1. The van der Waals surface area contributed by atoms with Crippen molar-refractivity contribution in [1.29, 1.82) is 5.26 Å². The molecule has 0 atom stereocenters. The summed E-state index contributed by atoms with van der Waals surface area (Å²) in [6.07, 6.45) is 0.267. The van der Waals surface area contributed by atoms with Gasteiger partial charge in [0.2, 0.25) is 5.91 Å². The Hall–Kier alpha value is -3.61. The molecule has 0 unspecified atom stereocenters. The van der Waals surface area contributed by atoms with Crippen LogP contribution >= 0.6 is 23.1 Å². The Morgan fingerprint density at radius 2 is 1.82 bits per heavy atom. The third kappa shape index (κ3) is 5.42. The molecule has 0 spiro atoms. The van der Waals surface area contributed by atoms with Gasteiger partial charge in [0.25, 0.3) is 0 Å². The highest BCUT2D eigenvalue weighted by Gasteiger charge is 2.12. The lowest BCUT2D eigenvalue weighted by molar-refractivity contribution is -0.115. The average Bonchev–Trinajstić information content (AvgIpc) is 3.25. The maximum Gasteiger partial charge on any atom is 0.226 e. The zero-order valence-electron chi connectivity index (χ0n) is 18.0. The molecule has 0 bridgehead atoms. The summed E-state index contributed by atoms with van der Waals surface area (Å²) in [7, 11) is 3.23. The highest BCUT2D eigenvalue weighted by atomic mass is 32.2. The zero-order valence-corrected chi connectivity index (χ0v) is 19.6. The van der Waals surface area contributed by atoms with E-state index < -0.39 is 0 Å². The van der Waals surface area contributed by atoms with E-state index in [1.54, 1.807) is 20.3 Å². The van der Waals surface area contributed by atoms with Gasteiger partial charge in [0.05, 0.1) is 35.7 Å². The second kappa shape index (κ2) is 10.3. The number of methoxy groups -OCH3 is 2. The van der Waals surface area contributed by atoms with Crippen molar-refractivity contribution >= 4 is 44.4 Å². The summed E-state index contributed by atoms with van der Waals surface area (Å²) >= 11 is 2.78. The van der Waals surface area contributed by atoms with Gasteiger partial charge < -0.3 is 14.8 Å². The summed E-state index contributed by atoms with van der Waals surface area (Å²) in [5.74, 6) is 1.86. The maximum atomic E-state index is 12.4. The number of carbonyl (C=O) groups excluding carboxylic acids is 1. The van der Waals surface area contributed by atoms with E-state index >= 15 is 0 Å². The molecule has 166 valence electrons. The number of nitriles is 1. The van der Waals surface area contributed by atoms with E-state index in [2.05, 4.69) is 21.4 Å². The fourth-order valence-corrected chi connectivity index (χ4v) is 4.89. The van der Waals surface area contributed by atoms with Crippen LogP contribution in [-0.2, 0) is 4.79 Å². The van der Waals surface area contributed by atoms with E-state index in [0.717, 1.165) is 33.0 Å². The fourth-order valence-electron chi connectivity index (χ4n) is 3.07. The summed E-state index contributed by atoms with van der Waals surface area (Å²) in [6.45, 7) is 0. The Labute approximate surface area is 199 Å². The summed E-state index contributed by atoms with van der Waals surface area (Å²) in [5.41, 5.74) is 2.97. The van der Waals surface area contributed by atoms with Crippen LogP contribution in [0.4, 0.5) is 5.13 Å². The van der Waals surface area contributed by atoms with Gasteiger partial charge in [-0.2, -0.15) is 5.26 Å². The lowest BCUT2D eigenvalue weighted by Crippen LogP contribution is -2.12. The fraction of sp³-hybridized carbons (Fsp3) is 0.167. The third-order valence-corrected chi connectivity index (χ3v) is 6.70. The predicted molar refractivity (Wildman–Crippen MR) is 131 cm³/mol. The van der Waals surface area contributed by atoms with Crippen molar-refractivity contribution in [3.63, 3.8) is 0 Å². The molecule has 4 aromatic rings. The summed E-state index contributed by atoms with van der Waals surface area (Å²) in [6, 6.07) is 18.9. The number of aromatic nitrogens is 2. The molecule has 0 saturated heterocycles. The summed E-state index contributed by atoms with van der Waals surface area (Å²) in [5, 5.41) is 13.4. The number of nitrogens with zero attached hydrogens (tertiary/aromatic N) is 3. The first-order valence-corrected chi connectivity index (χ1v) is 11.8. The zero-order chi connectivity index (χ0) is 23.2. The van der Waals surface area contributed by atoms with Crippen LogP contribution in [0.1, 0.15) is 12.0 Å². The van der Waals surface area contributed by atoms with E-state index in [1.165, 1.54) is 23.1 Å². The monoisotopic (exact) mass is 476 g/mol. The number of pyridine rings is 1. The van der Waals surface area contributed by atoms with Crippen LogP contribution in [-0.4, -0.2) is 35.8 Å². The number of amides is 1. The molecule has 0 aliphatic carbocycles. The van der Waals surface area contributed by atoms with Gasteiger partial charge in [-0.1, -0.05) is 11.3 Å². The van der Waals surface area contributed by atoms with Crippen molar-refractivity contribution < 1.29 is 14.3 Å². The minimum Gasteiger partial charge on any atom is -0.497 e. The number of hydrogen-bond donors (Lipinski definition) is 1. The lowest BCUT2D eigenvalue weighted by atomic mass is 10.1. The maximum absolute atomic E-state index is 12.4. The van der Waals surface area contributed by atoms with Crippen LogP contribution in [0.15, 0.2) is 59.6 Å². The van der Waals surface area contributed by atoms with Crippen molar-refractivity contribution in [1.82, 2.24) is 9.97 Å². The normalized spacial score (nSPS) is 10.6. The van der Waals surface area contributed by atoms with Gasteiger partial charge in [-0.3, -0.25) is 4.79 Å². The first kappa shape index (κ1) is 22.6. The van der Waals surface area contributed by atoms with Crippen LogP contribution < -0.4 is 14.8 Å². The van der Waals surface area contributed by atoms with Crippen molar-refractivity contribution in [2.24, 2.45) is 0 Å². The molecule has 0 fully saturated rings. The summed E-state index contributed by atoms with van der Waals surface area (Å²) < 4.78 is 11.4. The second-order valence-electron chi connectivity index (χ2n) is 6.89. The SMILES string of the molecule is COc1ccc(-c2ccc(C#N)c(SCCC(=O)Nc3nc4ccc(OC)cc4s3)n2)cc1. The smallest absolute Gasteiger partial charge is 0.226 e. The van der Waals surface area contributed by atoms with E-state index in [-0.39, 0.29) is 12.3 Å². The van der Waals surface area contributed by atoms with Crippen molar-refractivity contribution in [3.8, 4) is 28.8 Å². The first-order valence-electron chi connectivity index (χ1n) is 10.0.